The third kappa shape index (κ3) is 4.68. The van der Waals surface area contributed by atoms with E-state index < -0.39 is 14.3 Å². The smallest absolute Gasteiger partial charge is 0.102 e. The van der Waals surface area contributed by atoms with E-state index in [9.17, 15) is 0 Å². The molecule has 0 bridgehead atoms. The highest BCUT2D eigenvalue weighted by Crippen LogP contribution is 2.81. The lowest BCUT2D eigenvalue weighted by atomic mass is 10.0. The number of benzene rings is 4. The molecule has 2 aliphatic rings. The summed E-state index contributed by atoms with van der Waals surface area (Å²) in [6, 6.07) is 41.7. The molecule has 4 heteroatoms. The first-order chi connectivity index (χ1) is 18.6. The van der Waals surface area contributed by atoms with Crippen LogP contribution in [0.2, 0.25) is 0 Å². The van der Waals surface area contributed by atoms with Gasteiger partial charge in [0.1, 0.15) is 14.3 Å². The lowest BCUT2D eigenvalue weighted by Crippen LogP contribution is -2.10. The van der Waals surface area contributed by atoms with Crippen LogP contribution in [-0.2, 0) is 9.13 Å². The number of rotatable bonds is 7. The van der Waals surface area contributed by atoms with Crippen LogP contribution in [0.3, 0.4) is 0 Å². The molecular weight excluding hydrogens is 502 g/mol. The van der Waals surface area contributed by atoms with Crippen molar-refractivity contribution in [1.82, 2.24) is 0 Å². The van der Waals surface area contributed by atoms with Crippen LogP contribution in [0.4, 0.5) is 0 Å². The van der Waals surface area contributed by atoms with Crippen LogP contribution in [0, 0.1) is 0 Å². The topological polar surface area (TPSA) is 34.1 Å². The van der Waals surface area contributed by atoms with Gasteiger partial charge in [-0.05, 0) is 47.9 Å². The lowest BCUT2D eigenvalue weighted by Gasteiger charge is -2.32. The molecule has 0 saturated carbocycles. The Morgan fingerprint density at radius 1 is 0.395 bits per heavy atom. The van der Waals surface area contributed by atoms with Crippen LogP contribution in [0.25, 0.3) is 0 Å². The zero-order valence-corrected chi connectivity index (χ0v) is 23.6. The van der Waals surface area contributed by atoms with Gasteiger partial charge in [-0.2, -0.15) is 0 Å². The zero-order chi connectivity index (χ0) is 26.0. The van der Waals surface area contributed by atoms with Gasteiger partial charge in [-0.15, -0.1) is 0 Å². The molecule has 4 atom stereocenters. The van der Waals surface area contributed by atoms with Crippen molar-refractivity contribution in [2.75, 3.05) is 12.3 Å². The van der Waals surface area contributed by atoms with Crippen molar-refractivity contribution in [2.24, 2.45) is 0 Å². The van der Waals surface area contributed by atoms with E-state index in [1.807, 2.05) is 24.3 Å². The molecule has 0 amide bonds. The molecule has 38 heavy (non-hydrogen) atoms. The fourth-order valence-electron chi connectivity index (χ4n) is 7.25. The van der Waals surface area contributed by atoms with Crippen molar-refractivity contribution in [3.05, 3.63) is 144 Å². The van der Waals surface area contributed by atoms with Crippen LogP contribution < -0.4 is 0 Å². The number of hydrogen-bond donors (Lipinski definition) is 0. The molecule has 194 valence electrons. The molecule has 0 aromatic heterocycles. The van der Waals surface area contributed by atoms with Crippen molar-refractivity contribution < 1.29 is 9.13 Å². The standard InChI is InChI=1S/C34H36O2P2/c35-37(31(27-13-5-1-6-14-27)21-22-32(37)28-15-7-2-8-16-28)25-26-38(36)33(29-17-9-3-10-18-29)23-24-34(38)30-19-11-4-12-20-30/h1-20,31-34H,21-26H2. The molecule has 0 spiro atoms. The van der Waals surface area contributed by atoms with Gasteiger partial charge in [0.25, 0.3) is 0 Å². The Morgan fingerprint density at radius 2 is 0.605 bits per heavy atom. The highest BCUT2D eigenvalue weighted by molar-refractivity contribution is 7.69. The maximum Gasteiger partial charge on any atom is 0.102 e. The lowest BCUT2D eigenvalue weighted by molar-refractivity contribution is 0.559. The van der Waals surface area contributed by atoms with Crippen molar-refractivity contribution in [3.8, 4) is 0 Å². The Bertz CT molecular complexity index is 1220. The van der Waals surface area contributed by atoms with Crippen molar-refractivity contribution in [1.29, 1.82) is 0 Å². The van der Waals surface area contributed by atoms with Gasteiger partial charge < -0.3 is 9.13 Å². The van der Waals surface area contributed by atoms with E-state index in [1.54, 1.807) is 0 Å². The van der Waals surface area contributed by atoms with Crippen LogP contribution in [0.5, 0.6) is 0 Å². The summed E-state index contributed by atoms with van der Waals surface area (Å²) in [5, 5.41) is 0. The summed E-state index contributed by atoms with van der Waals surface area (Å²) in [5.74, 6) is 0. The second-order valence-corrected chi connectivity index (χ2v) is 17.8. The highest BCUT2D eigenvalue weighted by Gasteiger charge is 2.52. The molecule has 0 radical (unpaired) electrons. The first-order valence-corrected chi connectivity index (χ1v) is 18.0. The van der Waals surface area contributed by atoms with Gasteiger partial charge in [-0.25, -0.2) is 0 Å². The molecule has 2 fully saturated rings. The molecule has 0 N–H and O–H groups in total. The van der Waals surface area contributed by atoms with Gasteiger partial charge in [0.15, 0.2) is 0 Å². The SMILES string of the molecule is O=P1(CCP2(=O)C(c3ccccc3)CCC2c2ccccc2)C(c2ccccc2)CCC1c1ccccc1. The Morgan fingerprint density at radius 3 is 0.816 bits per heavy atom. The molecule has 2 aliphatic heterocycles. The van der Waals surface area contributed by atoms with Crippen LogP contribution in [0.15, 0.2) is 121 Å². The average molecular weight is 539 g/mol. The second kappa shape index (κ2) is 10.8. The van der Waals surface area contributed by atoms with Gasteiger partial charge in [0.2, 0.25) is 0 Å². The minimum Gasteiger partial charge on any atom is -0.322 e. The van der Waals surface area contributed by atoms with Gasteiger partial charge in [0, 0.05) is 35.0 Å². The van der Waals surface area contributed by atoms with E-state index in [4.69, 9.17) is 0 Å². The van der Waals surface area contributed by atoms with Crippen LogP contribution in [0.1, 0.15) is 70.6 Å². The summed E-state index contributed by atoms with van der Waals surface area (Å²) in [6.07, 6.45) is 4.81. The van der Waals surface area contributed by atoms with Crippen molar-refractivity contribution in [2.45, 2.75) is 48.3 Å². The molecular formula is C34H36O2P2. The molecule has 4 aromatic rings. The molecule has 0 aliphatic carbocycles. The Hall–Kier alpha value is -2.66. The fraction of sp³-hybridized carbons (Fsp3) is 0.294. The Kier molecular flexibility index (Phi) is 7.31. The maximum absolute atomic E-state index is 15.3. The van der Waals surface area contributed by atoms with Crippen LogP contribution in [-0.4, -0.2) is 12.3 Å². The fourth-order valence-corrected chi connectivity index (χ4v) is 16.9. The van der Waals surface area contributed by atoms with Gasteiger partial charge in [-0.3, -0.25) is 0 Å². The summed E-state index contributed by atoms with van der Waals surface area (Å²) < 4.78 is 30.7. The van der Waals surface area contributed by atoms with E-state index in [0.717, 1.165) is 25.7 Å². The highest BCUT2D eigenvalue weighted by atomic mass is 31.2. The minimum absolute atomic E-state index is 0.0356. The third-order valence-corrected chi connectivity index (χ3v) is 17.7. The molecule has 2 saturated heterocycles. The summed E-state index contributed by atoms with van der Waals surface area (Å²) in [7, 11) is -5.48. The first kappa shape index (κ1) is 25.6. The Balaban J connectivity index is 1.39. The third-order valence-electron chi connectivity index (χ3n) is 9.07. The van der Waals surface area contributed by atoms with Gasteiger partial charge in [-0.1, -0.05) is 121 Å². The second-order valence-electron chi connectivity index (χ2n) is 11.0. The quantitative estimate of drug-likeness (QED) is 0.219. The average Bonchev–Trinajstić information content (AvgIpc) is 3.51. The van der Waals surface area contributed by atoms with Crippen LogP contribution >= 0.6 is 14.3 Å². The summed E-state index contributed by atoms with van der Waals surface area (Å²) in [5.41, 5.74) is 4.86. The normalized spacial score (nSPS) is 30.8. The predicted molar refractivity (Wildman–Crippen MR) is 160 cm³/mol. The Labute approximate surface area is 227 Å². The van der Waals surface area contributed by atoms with Gasteiger partial charge >= 0.3 is 0 Å². The monoisotopic (exact) mass is 538 g/mol. The largest absolute Gasteiger partial charge is 0.322 e. The van der Waals surface area contributed by atoms with E-state index in [-0.39, 0.29) is 22.6 Å². The first-order valence-electron chi connectivity index (χ1n) is 14.0. The molecule has 4 aromatic carbocycles. The summed E-state index contributed by atoms with van der Waals surface area (Å²) >= 11 is 0. The van der Waals surface area contributed by atoms with Crippen molar-refractivity contribution >= 4 is 14.3 Å². The van der Waals surface area contributed by atoms with E-state index in [1.165, 1.54) is 22.3 Å². The van der Waals surface area contributed by atoms with E-state index in [0.29, 0.717) is 12.3 Å². The van der Waals surface area contributed by atoms with E-state index >= 15 is 9.13 Å². The van der Waals surface area contributed by atoms with Crippen molar-refractivity contribution in [3.63, 3.8) is 0 Å². The summed E-state index contributed by atoms with van der Waals surface area (Å²) in [6.45, 7) is 0. The van der Waals surface area contributed by atoms with E-state index in [2.05, 4.69) is 97.1 Å². The molecule has 4 unspecified atom stereocenters. The summed E-state index contributed by atoms with van der Waals surface area (Å²) in [4.78, 5) is 0. The number of hydrogen-bond acceptors (Lipinski definition) is 2. The zero-order valence-electron chi connectivity index (χ0n) is 21.8. The van der Waals surface area contributed by atoms with Gasteiger partial charge in [0.05, 0.1) is 0 Å². The molecule has 2 heterocycles. The minimum atomic E-state index is -2.74. The molecule has 6 rings (SSSR count). The maximum atomic E-state index is 15.3. The molecule has 2 nitrogen and oxygen atoms in total. The predicted octanol–water partition coefficient (Wildman–Crippen LogP) is 10.3.